The van der Waals surface area contributed by atoms with Gasteiger partial charge in [-0.05, 0) is 30.7 Å². The normalized spacial score (nSPS) is 15.0. The highest BCUT2D eigenvalue weighted by Gasteiger charge is 2.15. The van der Waals surface area contributed by atoms with Gasteiger partial charge in [-0.25, -0.2) is 4.99 Å². The lowest BCUT2D eigenvalue weighted by Crippen LogP contribution is -2.13. The van der Waals surface area contributed by atoms with Crippen molar-refractivity contribution in [3.05, 3.63) is 69.8 Å². The number of allylic oxidation sites excluding steroid dienone is 1. The summed E-state index contributed by atoms with van der Waals surface area (Å²) >= 11 is 1.49. The predicted octanol–water partition coefficient (Wildman–Crippen LogP) is 5.15. The SMILES string of the molecule is CCCn1c(O)c(C=C2C=Nc3ccccc32)sc1=Nc1ccccc1. The molecule has 0 unspecified atom stereocenters. The van der Waals surface area contributed by atoms with Crippen LogP contribution in [0.25, 0.3) is 11.6 Å². The lowest BCUT2D eigenvalue weighted by Gasteiger charge is -2.02. The van der Waals surface area contributed by atoms with E-state index in [0.29, 0.717) is 0 Å². The summed E-state index contributed by atoms with van der Waals surface area (Å²) in [6.45, 7) is 2.82. The van der Waals surface area contributed by atoms with Crippen LogP contribution in [0.3, 0.4) is 0 Å². The molecule has 4 rings (SSSR count). The van der Waals surface area contributed by atoms with Crippen molar-refractivity contribution in [2.45, 2.75) is 19.9 Å². The number of hydrogen-bond acceptors (Lipinski definition) is 4. The molecule has 2 heterocycles. The van der Waals surface area contributed by atoms with Crippen LogP contribution >= 0.6 is 11.3 Å². The smallest absolute Gasteiger partial charge is 0.211 e. The number of rotatable bonds is 4. The van der Waals surface area contributed by atoms with Gasteiger partial charge in [0.15, 0.2) is 4.80 Å². The monoisotopic (exact) mass is 361 g/mol. The second-order valence-corrected chi connectivity index (χ2v) is 7.06. The average Bonchev–Trinajstić information content (AvgIpc) is 3.20. The van der Waals surface area contributed by atoms with E-state index in [9.17, 15) is 5.11 Å². The number of para-hydroxylation sites is 2. The number of nitrogens with zero attached hydrogens (tertiary/aromatic N) is 3. The van der Waals surface area contributed by atoms with Gasteiger partial charge >= 0.3 is 0 Å². The van der Waals surface area contributed by atoms with E-state index in [4.69, 9.17) is 4.99 Å². The van der Waals surface area contributed by atoms with Gasteiger partial charge in [0.2, 0.25) is 5.88 Å². The minimum atomic E-state index is 0.261. The Morgan fingerprint density at radius 1 is 1.12 bits per heavy atom. The summed E-state index contributed by atoms with van der Waals surface area (Å²) in [5, 5.41) is 10.8. The quantitative estimate of drug-likeness (QED) is 0.686. The fraction of sp³-hybridized carbons (Fsp3) is 0.143. The van der Waals surface area contributed by atoms with Crippen molar-refractivity contribution in [1.29, 1.82) is 0 Å². The topological polar surface area (TPSA) is 49.9 Å². The van der Waals surface area contributed by atoms with Crippen molar-refractivity contribution in [2.24, 2.45) is 9.98 Å². The Balaban J connectivity index is 1.82. The van der Waals surface area contributed by atoms with Crippen LogP contribution in [-0.4, -0.2) is 15.9 Å². The third-order valence-electron chi connectivity index (χ3n) is 4.18. The molecular weight excluding hydrogens is 342 g/mol. The summed E-state index contributed by atoms with van der Waals surface area (Å²) in [5.74, 6) is 0.261. The maximum absolute atomic E-state index is 10.8. The van der Waals surface area contributed by atoms with Crippen LogP contribution in [-0.2, 0) is 6.54 Å². The summed E-state index contributed by atoms with van der Waals surface area (Å²) in [5.41, 5.74) is 3.94. The summed E-state index contributed by atoms with van der Waals surface area (Å²) in [4.78, 5) is 10.8. The number of fused-ring (bicyclic) bond motifs is 1. The number of aliphatic imine (C=N–C) groups is 1. The zero-order chi connectivity index (χ0) is 17.9. The Bertz CT molecular complexity index is 1060. The van der Waals surface area contributed by atoms with Crippen LogP contribution < -0.4 is 4.80 Å². The lowest BCUT2D eigenvalue weighted by atomic mass is 10.1. The molecule has 1 N–H and O–H groups in total. The molecule has 26 heavy (non-hydrogen) atoms. The van der Waals surface area contributed by atoms with Crippen LogP contribution in [0.15, 0.2) is 64.6 Å². The zero-order valence-corrected chi connectivity index (χ0v) is 15.3. The van der Waals surface area contributed by atoms with Gasteiger partial charge in [-0.1, -0.05) is 54.7 Å². The summed E-state index contributed by atoms with van der Waals surface area (Å²) in [6, 6.07) is 17.9. The Morgan fingerprint density at radius 3 is 2.69 bits per heavy atom. The van der Waals surface area contributed by atoms with E-state index < -0.39 is 0 Å². The van der Waals surface area contributed by atoms with Gasteiger partial charge in [0.25, 0.3) is 0 Å². The molecule has 1 aliphatic rings. The first-order valence-corrected chi connectivity index (χ1v) is 9.45. The molecule has 0 fully saturated rings. The molecule has 4 nitrogen and oxygen atoms in total. The molecule has 1 aromatic heterocycles. The van der Waals surface area contributed by atoms with Crippen LogP contribution in [0, 0.1) is 0 Å². The standard InChI is InChI=1S/C21H19N3OS/c1-2-12-24-20(25)19(26-21(24)23-16-8-4-3-5-9-16)13-15-14-22-18-11-7-6-10-17(15)18/h3-11,13-14,25H,2,12H2,1H3. The van der Waals surface area contributed by atoms with Gasteiger partial charge in [-0.3, -0.25) is 9.56 Å². The Hall–Kier alpha value is -2.92. The van der Waals surface area contributed by atoms with Gasteiger partial charge in [-0.2, -0.15) is 0 Å². The number of thiazole rings is 1. The van der Waals surface area contributed by atoms with Gasteiger partial charge in [0, 0.05) is 23.9 Å². The molecule has 1 aliphatic heterocycles. The molecule has 3 aromatic rings. The number of hydrogen-bond donors (Lipinski definition) is 1. The second kappa shape index (κ2) is 7.14. The van der Waals surface area contributed by atoms with Crippen molar-refractivity contribution in [3.8, 4) is 5.88 Å². The molecule has 0 bridgehead atoms. The molecule has 0 amide bonds. The molecule has 2 aromatic carbocycles. The second-order valence-electron chi connectivity index (χ2n) is 6.05. The summed E-state index contributed by atoms with van der Waals surface area (Å²) < 4.78 is 1.88. The molecule has 0 atom stereocenters. The maximum atomic E-state index is 10.8. The first kappa shape index (κ1) is 16.5. The molecule has 0 spiro atoms. The van der Waals surface area contributed by atoms with E-state index in [1.807, 2.05) is 71.5 Å². The number of benzene rings is 2. The highest BCUT2D eigenvalue weighted by molar-refractivity contribution is 7.10. The van der Waals surface area contributed by atoms with E-state index in [2.05, 4.69) is 11.9 Å². The van der Waals surface area contributed by atoms with Crippen molar-refractivity contribution in [2.75, 3.05) is 0 Å². The number of aromatic nitrogens is 1. The zero-order valence-electron chi connectivity index (χ0n) is 14.5. The highest BCUT2D eigenvalue weighted by atomic mass is 32.1. The molecule has 0 radical (unpaired) electrons. The van der Waals surface area contributed by atoms with E-state index in [1.165, 1.54) is 11.3 Å². The van der Waals surface area contributed by atoms with Gasteiger partial charge in [-0.15, -0.1) is 0 Å². The third-order valence-corrected chi connectivity index (χ3v) is 5.20. The first-order valence-electron chi connectivity index (χ1n) is 8.64. The predicted molar refractivity (Wildman–Crippen MR) is 108 cm³/mol. The largest absolute Gasteiger partial charge is 0.493 e. The van der Waals surface area contributed by atoms with Crippen LogP contribution in [0.4, 0.5) is 11.4 Å². The Labute approximate surface area is 156 Å². The van der Waals surface area contributed by atoms with E-state index in [-0.39, 0.29) is 5.88 Å². The fourth-order valence-corrected chi connectivity index (χ4v) is 3.96. The van der Waals surface area contributed by atoms with Crippen molar-refractivity contribution in [1.82, 2.24) is 4.57 Å². The van der Waals surface area contributed by atoms with E-state index in [0.717, 1.165) is 45.2 Å². The van der Waals surface area contributed by atoms with Crippen LogP contribution in [0.2, 0.25) is 0 Å². The van der Waals surface area contributed by atoms with Crippen molar-refractivity contribution >= 4 is 40.6 Å². The molecule has 130 valence electrons. The highest BCUT2D eigenvalue weighted by Crippen LogP contribution is 2.34. The summed E-state index contributed by atoms with van der Waals surface area (Å²) in [7, 11) is 0. The molecular formula is C21H19N3OS. The van der Waals surface area contributed by atoms with Crippen molar-refractivity contribution < 1.29 is 5.11 Å². The Kier molecular flexibility index (Phi) is 4.54. The molecule has 5 heteroatoms. The third kappa shape index (κ3) is 3.13. The molecule has 0 aliphatic carbocycles. The Morgan fingerprint density at radius 2 is 1.88 bits per heavy atom. The number of aromatic hydroxyl groups is 1. The van der Waals surface area contributed by atoms with Gasteiger partial charge < -0.3 is 5.11 Å². The minimum Gasteiger partial charge on any atom is -0.493 e. The first-order chi connectivity index (χ1) is 12.8. The van der Waals surface area contributed by atoms with E-state index in [1.54, 1.807) is 0 Å². The van der Waals surface area contributed by atoms with Crippen molar-refractivity contribution in [3.63, 3.8) is 0 Å². The van der Waals surface area contributed by atoms with Crippen LogP contribution in [0.5, 0.6) is 5.88 Å². The molecule has 0 saturated heterocycles. The summed E-state index contributed by atoms with van der Waals surface area (Å²) in [6.07, 6.45) is 4.76. The average molecular weight is 361 g/mol. The fourth-order valence-electron chi connectivity index (χ4n) is 2.93. The lowest BCUT2D eigenvalue weighted by molar-refractivity contribution is 0.409. The molecule has 0 saturated carbocycles. The van der Waals surface area contributed by atoms with Gasteiger partial charge in [0.1, 0.15) is 0 Å². The minimum absolute atomic E-state index is 0.261. The van der Waals surface area contributed by atoms with Crippen LogP contribution in [0.1, 0.15) is 23.8 Å². The van der Waals surface area contributed by atoms with E-state index >= 15 is 0 Å². The maximum Gasteiger partial charge on any atom is 0.211 e. The van der Waals surface area contributed by atoms with Gasteiger partial charge in [0.05, 0.1) is 16.3 Å².